The van der Waals surface area contributed by atoms with Crippen LogP contribution < -0.4 is 0 Å². The summed E-state index contributed by atoms with van der Waals surface area (Å²) in [6.07, 6.45) is 3.69. The van der Waals surface area contributed by atoms with E-state index in [9.17, 15) is 18.5 Å². The Balaban J connectivity index is 2.77. The molecule has 0 radical (unpaired) electrons. The van der Waals surface area contributed by atoms with Gasteiger partial charge in [0.2, 0.25) is 9.84 Å². The SMILES string of the molecule is O=[N+]([O-])C1=C2C=CC(=C1)S2(=O)=O. The minimum Gasteiger partial charge on any atom is -0.258 e. The molecule has 0 aromatic carbocycles. The number of hydrogen-bond donors (Lipinski definition) is 0. The molecule has 2 aliphatic heterocycles. The number of hydrogen-bond acceptors (Lipinski definition) is 4. The van der Waals surface area contributed by atoms with Crippen molar-refractivity contribution in [3.05, 3.63) is 43.8 Å². The molecule has 0 atom stereocenters. The van der Waals surface area contributed by atoms with Crippen LogP contribution in [0.2, 0.25) is 0 Å². The van der Waals surface area contributed by atoms with E-state index in [0.29, 0.717) is 0 Å². The molecule has 0 aromatic heterocycles. The first kappa shape index (κ1) is 7.23. The lowest BCUT2D eigenvalue weighted by atomic mass is 10.2. The van der Waals surface area contributed by atoms with Gasteiger partial charge in [0, 0.05) is 6.08 Å². The number of sulfone groups is 1. The minimum atomic E-state index is -3.50. The Morgan fingerprint density at radius 3 is 2.25 bits per heavy atom. The molecular weight excluding hydrogens is 182 g/mol. The summed E-state index contributed by atoms with van der Waals surface area (Å²) in [5.74, 6) is 0. The van der Waals surface area contributed by atoms with Crippen LogP contribution >= 0.6 is 0 Å². The van der Waals surface area contributed by atoms with E-state index in [1.807, 2.05) is 0 Å². The molecule has 2 bridgehead atoms. The van der Waals surface area contributed by atoms with Gasteiger partial charge < -0.3 is 0 Å². The molecule has 0 saturated carbocycles. The third-order valence-electron chi connectivity index (χ3n) is 1.73. The van der Waals surface area contributed by atoms with Gasteiger partial charge in [0.05, 0.1) is 9.83 Å². The number of rotatable bonds is 1. The predicted molar refractivity (Wildman–Crippen MR) is 40.2 cm³/mol. The molecule has 0 fully saturated rings. The second kappa shape index (κ2) is 1.84. The molecule has 0 spiro atoms. The van der Waals surface area contributed by atoms with Crippen LogP contribution in [0.15, 0.2) is 33.7 Å². The first-order valence-corrected chi connectivity index (χ1v) is 4.55. The lowest BCUT2D eigenvalue weighted by Gasteiger charge is -1.89. The number of nitrogens with zero attached hydrogens (tertiary/aromatic N) is 1. The van der Waals surface area contributed by atoms with Gasteiger partial charge in [-0.15, -0.1) is 0 Å². The molecule has 62 valence electrons. The van der Waals surface area contributed by atoms with E-state index in [0.717, 1.165) is 6.08 Å². The highest BCUT2D eigenvalue weighted by Gasteiger charge is 2.39. The van der Waals surface area contributed by atoms with Gasteiger partial charge in [0.1, 0.15) is 4.91 Å². The highest BCUT2D eigenvalue weighted by Crippen LogP contribution is 2.37. The van der Waals surface area contributed by atoms with Crippen LogP contribution in [-0.4, -0.2) is 13.3 Å². The minimum absolute atomic E-state index is 0.0178. The zero-order valence-corrected chi connectivity index (χ0v) is 6.54. The van der Waals surface area contributed by atoms with Gasteiger partial charge in [0.25, 0.3) is 5.70 Å². The lowest BCUT2D eigenvalue weighted by molar-refractivity contribution is -0.419. The highest BCUT2D eigenvalue weighted by atomic mass is 32.2. The molecule has 0 amide bonds. The van der Waals surface area contributed by atoms with Crippen LogP contribution in [0, 0.1) is 10.1 Å². The number of allylic oxidation sites excluding steroid dienone is 3. The quantitative estimate of drug-likeness (QED) is 0.436. The van der Waals surface area contributed by atoms with E-state index in [2.05, 4.69) is 0 Å². The largest absolute Gasteiger partial charge is 0.289 e. The van der Waals surface area contributed by atoms with E-state index in [4.69, 9.17) is 0 Å². The Labute approximate surface area is 67.8 Å². The summed E-state index contributed by atoms with van der Waals surface area (Å²) in [4.78, 5) is 9.42. The highest BCUT2D eigenvalue weighted by molar-refractivity contribution is 8.00. The predicted octanol–water partition coefficient (Wildman–Crippen LogP) is 0.357. The molecule has 5 nitrogen and oxygen atoms in total. The van der Waals surface area contributed by atoms with Crippen molar-refractivity contribution in [1.29, 1.82) is 0 Å². The van der Waals surface area contributed by atoms with Crippen LogP contribution in [-0.2, 0) is 9.84 Å². The molecule has 0 N–H and O–H groups in total. The van der Waals surface area contributed by atoms with Gasteiger partial charge in [-0.2, -0.15) is 0 Å². The normalized spacial score (nSPS) is 23.2. The van der Waals surface area contributed by atoms with Crippen molar-refractivity contribution < 1.29 is 13.3 Å². The summed E-state index contributed by atoms with van der Waals surface area (Å²) in [5, 5.41) is 10.3. The topological polar surface area (TPSA) is 77.3 Å². The zero-order valence-electron chi connectivity index (χ0n) is 5.72. The van der Waals surface area contributed by atoms with E-state index in [1.54, 1.807) is 0 Å². The maximum absolute atomic E-state index is 11.2. The van der Waals surface area contributed by atoms with Crippen molar-refractivity contribution >= 4 is 9.84 Å². The summed E-state index contributed by atoms with van der Waals surface area (Å²) in [6.45, 7) is 0. The van der Waals surface area contributed by atoms with E-state index >= 15 is 0 Å². The second-order valence-corrected chi connectivity index (χ2v) is 4.31. The van der Waals surface area contributed by atoms with Crippen molar-refractivity contribution in [2.24, 2.45) is 0 Å². The molecule has 0 aliphatic carbocycles. The van der Waals surface area contributed by atoms with Gasteiger partial charge in [-0.3, -0.25) is 10.1 Å². The average molecular weight is 185 g/mol. The smallest absolute Gasteiger partial charge is 0.258 e. The average Bonchev–Trinajstić information content (AvgIpc) is 2.40. The Morgan fingerprint density at radius 2 is 2.00 bits per heavy atom. The molecule has 2 aliphatic rings. The Bertz CT molecular complexity index is 466. The van der Waals surface area contributed by atoms with Crippen molar-refractivity contribution in [2.75, 3.05) is 0 Å². The molecule has 2 rings (SSSR count). The van der Waals surface area contributed by atoms with Gasteiger partial charge in [0.15, 0.2) is 0 Å². The van der Waals surface area contributed by atoms with Crippen LogP contribution in [0.1, 0.15) is 0 Å². The van der Waals surface area contributed by atoms with Crippen molar-refractivity contribution in [2.45, 2.75) is 0 Å². The van der Waals surface area contributed by atoms with Crippen LogP contribution in [0.3, 0.4) is 0 Å². The molecule has 12 heavy (non-hydrogen) atoms. The third kappa shape index (κ3) is 0.646. The van der Waals surface area contributed by atoms with Gasteiger partial charge in [-0.05, 0) is 12.2 Å². The Kier molecular flexibility index (Phi) is 1.11. The fraction of sp³-hybridized carbons (Fsp3) is 0. The monoisotopic (exact) mass is 185 g/mol. The molecule has 2 heterocycles. The van der Waals surface area contributed by atoms with Crippen molar-refractivity contribution in [3.8, 4) is 0 Å². The zero-order chi connectivity index (χ0) is 8.93. The molecule has 0 aromatic rings. The summed E-state index contributed by atoms with van der Waals surface area (Å²) >= 11 is 0. The summed E-state index contributed by atoms with van der Waals surface area (Å²) in [7, 11) is -3.50. The first-order valence-electron chi connectivity index (χ1n) is 3.07. The van der Waals surface area contributed by atoms with Gasteiger partial charge in [-0.1, -0.05) is 0 Å². The fourth-order valence-electron chi connectivity index (χ4n) is 1.16. The molecule has 6 heteroatoms. The maximum atomic E-state index is 11.2. The van der Waals surface area contributed by atoms with E-state index < -0.39 is 14.8 Å². The molecule has 0 unspecified atom stereocenters. The summed E-state index contributed by atoms with van der Waals surface area (Å²) in [5.41, 5.74) is -0.326. The maximum Gasteiger partial charge on any atom is 0.289 e. The van der Waals surface area contributed by atoms with Gasteiger partial charge in [-0.25, -0.2) is 8.42 Å². The Morgan fingerprint density at radius 1 is 1.33 bits per heavy atom. The molecular formula is C6H3NO4S. The Hall–Kier alpha value is -1.43. The first-order chi connectivity index (χ1) is 5.53. The summed E-state index contributed by atoms with van der Waals surface area (Å²) < 4.78 is 22.4. The third-order valence-corrected chi connectivity index (χ3v) is 3.53. The van der Waals surface area contributed by atoms with E-state index in [1.165, 1.54) is 12.2 Å². The van der Waals surface area contributed by atoms with Crippen LogP contribution in [0.25, 0.3) is 0 Å². The van der Waals surface area contributed by atoms with Gasteiger partial charge >= 0.3 is 0 Å². The van der Waals surface area contributed by atoms with Crippen LogP contribution in [0.5, 0.6) is 0 Å². The number of fused-ring (bicyclic) bond motifs is 2. The summed E-state index contributed by atoms with van der Waals surface area (Å²) in [6, 6.07) is 0. The fourth-order valence-corrected chi connectivity index (χ4v) is 2.59. The van der Waals surface area contributed by atoms with Crippen LogP contribution in [0.4, 0.5) is 0 Å². The van der Waals surface area contributed by atoms with Crippen molar-refractivity contribution in [3.63, 3.8) is 0 Å². The standard InChI is InChI=1S/C6H3NO4S/c8-7(9)5-3-4-1-2-6(5)12(4,10)11/h1-3H. The second-order valence-electron chi connectivity index (χ2n) is 2.39. The van der Waals surface area contributed by atoms with E-state index in [-0.39, 0.29) is 15.5 Å². The lowest BCUT2D eigenvalue weighted by Crippen LogP contribution is -1.99. The number of nitro groups is 1. The molecule has 0 saturated heterocycles. The van der Waals surface area contributed by atoms with Crippen molar-refractivity contribution in [1.82, 2.24) is 0 Å².